The number of aliphatic hydroxyl groups excluding tert-OH is 1. The van der Waals surface area contributed by atoms with E-state index in [2.05, 4.69) is 4.98 Å². The smallest absolute Gasteiger partial charge is 0.391 e. The van der Waals surface area contributed by atoms with Gasteiger partial charge >= 0.3 is 12.4 Å². The number of pyridine rings is 1. The van der Waals surface area contributed by atoms with Gasteiger partial charge < -0.3 is 14.9 Å². The fourth-order valence-electron chi connectivity index (χ4n) is 3.29. The Bertz CT molecular complexity index is 928. The summed E-state index contributed by atoms with van der Waals surface area (Å²) < 4.78 is 92.0. The number of rotatable bonds is 3. The maximum absolute atomic E-state index is 13.2. The Balaban J connectivity index is 2.00. The lowest BCUT2D eigenvalue weighted by atomic mass is 10.1. The van der Waals surface area contributed by atoms with Crippen LogP contribution in [0.5, 0.6) is 0 Å². The molecule has 3 rings (SSSR count). The molecule has 1 aromatic heterocycles. The first-order chi connectivity index (χ1) is 14.3. The molecule has 1 fully saturated rings. The van der Waals surface area contributed by atoms with E-state index in [-0.39, 0.29) is 24.7 Å². The molecule has 0 radical (unpaired) electrons. The number of hydrogen-bond acceptors (Lipinski definition) is 4. The molecule has 1 saturated heterocycles. The van der Waals surface area contributed by atoms with Crippen LogP contribution in [0.2, 0.25) is 0 Å². The molecular weight excluding hydrogens is 435 g/mol. The molecule has 1 N–H and O–H groups in total. The van der Waals surface area contributed by atoms with E-state index in [0.29, 0.717) is 6.07 Å². The van der Waals surface area contributed by atoms with Crippen LogP contribution in [0.3, 0.4) is 0 Å². The summed E-state index contributed by atoms with van der Waals surface area (Å²) in [6, 6.07) is 3.76. The molecule has 1 aromatic carbocycles. The molecule has 1 amide bonds. The number of aromatic nitrogens is 1. The molecule has 2 heterocycles. The maximum Gasteiger partial charge on any atom is 0.433 e. The normalized spacial score (nSPS) is 19.6. The minimum Gasteiger partial charge on any atom is -0.391 e. The van der Waals surface area contributed by atoms with Gasteiger partial charge in [-0.3, -0.25) is 4.79 Å². The summed E-state index contributed by atoms with van der Waals surface area (Å²) in [7, 11) is 1.32. The summed E-state index contributed by atoms with van der Waals surface area (Å²) in [5.41, 5.74) is -3.10. The summed E-state index contributed by atoms with van der Waals surface area (Å²) in [4.78, 5) is 18.2. The number of anilines is 2. The molecule has 1 unspecified atom stereocenters. The summed E-state index contributed by atoms with van der Waals surface area (Å²) in [6.07, 6.45) is -11.6. The van der Waals surface area contributed by atoms with E-state index in [9.17, 15) is 40.6 Å². The van der Waals surface area contributed by atoms with Crippen molar-refractivity contribution >= 4 is 17.4 Å². The van der Waals surface area contributed by atoms with Gasteiger partial charge in [0.2, 0.25) is 5.91 Å². The van der Waals surface area contributed by atoms with Crippen molar-refractivity contribution in [3.63, 3.8) is 0 Å². The number of hydrogen-bond donors (Lipinski definition) is 1. The summed E-state index contributed by atoms with van der Waals surface area (Å²) >= 11 is 0. The second-order valence-corrected chi connectivity index (χ2v) is 7.03. The molecule has 5 nitrogen and oxygen atoms in total. The van der Waals surface area contributed by atoms with Gasteiger partial charge in [0.05, 0.1) is 11.7 Å². The van der Waals surface area contributed by atoms with Gasteiger partial charge in [0.15, 0.2) is 0 Å². The number of β-amino-alcohol motifs (C(OH)–C–C–N with tert-alkyl or cyclic N) is 1. The first kappa shape index (κ1) is 22.8. The number of aliphatic hydroxyl groups is 1. The Morgan fingerprint density at radius 1 is 1.10 bits per heavy atom. The van der Waals surface area contributed by atoms with Crippen molar-refractivity contribution < 1.29 is 40.6 Å². The summed E-state index contributed by atoms with van der Waals surface area (Å²) in [6.45, 7) is -0.390. The molecule has 2 atom stereocenters. The van der Waals surface area contributed by atoms with E-state index in [1.807, 2.05) is 0 Å². The van der Waals surface area contributed by atoms with Gasteiger partial charge in [-0.2, -0.15) is 26.3 Å². The molecule has 2 aromatic rings. The Morgan fingerprint density at radius 2 is 1.71 bits per heavy atom. The van der Waals surface area contributed by atoms with Gasteiger partial charge in [-0.05, 0) is 36.4 Å². The highest BCUT2D eigenvalue weighted by atomic mass is 19.4. The molecule has 0 saturated carbocycles. The van der Waals surface area contributed by atoms with Crippen LogP contribution >= 0.6 is 0 Å². The van der Waals surface area contributed by atoms with Crippen LogP contribution in [0.25, 0.3) is 0 Å². The Labute approximate surface area is 171 Å². The highest BCUT2D eigenvalue weighted by Crippen LogP contribution is 2.38. The van der Waals surface area contributed by atoms with Gasteiger partial charge in [0, 0.05) is 25.7 Å². The van der Waals surface area contributed by atoms with Gasteiger partial charge in [-0.25, -0.2) is 9.37 Å². The topological polar surface area (TPSA) is 56.7 Å². The van der Waals surface area contributed by atoms with Crippen LogP contribution in [0.15, 0.2) is 36.4 Å². The van der Waals surface area contributed by atoms with Crippen molar-refractivity contribution in [1.29, 1.82) is 0 Å². The number of carbonyl (C=O) groups is 1. The number of benzene rings is 1. The fourth-order valence-corrected chi connectivity index (χ4v) is 3.29. The molecule has 0 spiro atoms. The first-order valence-corrected chi connectivity index (χ1v) is 8.91. The van der Waals surface area contributed by atoms with E-state index in [0.717, 1.165) is 21.9 Å². The largest absolute Gasteiger partial charge is 0.433 e. The second-order valence-electron chi connectivity index (χ2n) is 7.03. The number of carbonyl (C=O) groups excluding carboxylic acids is 1. The van der Waals surface area contributed by atoms with E-state index < -0.39 is 53.3 Å². The lowest BCUT2D eigenvalue weighted by molar-refractivity contribution is -0.145. The zero-order valence-electron chi connectivity index (χ0n) is 15.9. The molecule has 1 aliphatic heterocycles. The number of alkyl halides is 6. The van der Waals surface area contributed by atoms with Crippen molar-refractivity contribution in [2.24, 2.45) is 0 Å². The van der Waals surface area contributed by atoms with Gasteiger partial charge in [0.25, 0.3) is 0 Å². The zero-order valence-corrected chi connectivity index (χ0v) is 15.9. The zero-order chi connectivity index (χ0) is 23.1. The number of nitrogens with zero attached hydrogens (tertiary/aromatic N) is 3. The van der Waals surface area contributed by atoms with E-state index >= 15 is 0 Å². The molecule has 12 heteroatoms. The number of halogens is 7. The first-order valence-electron chi connectivity index (χ1n) is 8.91. The highest BCUT2D eigenvalue weighted by molar-refractivity contribution is 5.99. The van der Waals surface area contributed by atoms with E-state index in [1.165, 1.54) is 19.2 Å². The second kappa shape index (κ2) is 7.98. The third-order valence-corrected chi connectivity index (χ3v) is 4.83. The maximum atomic E-state index is 13.2. The molecule has 168 valence electrons. The summed E-state index contributed by atoms with van der Waals surface area (Å²) in [5.74, 6) is -2.00. The van der Waals surface area contributed by atoms with Crippen molar-refractivity contribution in [3.05, 3.63) is 53.5 Å². The van der Waals surface area contributed by atoms with Crippen molar-refractivity contribution in [2.75, 3.05) is 23.4 Å². The van der Waals surface area contributed by atoms with E-state index in [4.69, 9.17) is 0 Å². The average Bonchev–Trinajstić information content (AvgIpc) is 3.07. The highest BCUT2D eigenvalue weighted by Gasteiger charge is 2.42. The lowest BCUT2D eigenvalue weighted by Gasteiger charge is -2.29. The Morgan fingerprint density at radius 3 is 2.26 bits per heavy atom. The van der Waals surface area contributed by atoms with Crippen molar-refractivity contribution in [2.45, 2.75) is 30.9 Å². The van der Waals surface area contributed by atoms with Crippen LogP contribution in [-0.4, -0.2) is 41.7 Å². The van der Waals surface area contributed by atoms with Gasteiger partial charge in [-0.15, -0.1) is 0 Å². The quantitative estimate of drug-likeness (QED) is 0.721. The van der Waals surface area contributed by atoms with Crippen LogP contribution < -0.4 is 9.80 Å². The third-order valence-electron chi connectivity index (χ3n) is 4.83. The molecule has 0 bridgehead atoms. The average molecular weight is 451 g/mol. The molecule has 0 aliphatic carbocycles. The molecule has 1 aliphatic rings. The van der Waals surface area contributed by atoms with Crippen LogP contribution in [0.1, 0.15) is 17.7 Å². The molecular formula is C19H16F7N3O2. The Hall–Kier alpha value is -2.89. The predicted molar refractivity (Wildman–Crippen MR) is 95.8 cm³/mol. The fraction of sp³-hybridized carbons (Fsp3) is 0.368. The number of amides is 1. The van der Waals surface area contributed by atoms with Crippen LogP contribution in [-0.2, 0) is 17.1 Å². The van der Waals surface area contributed by atoms with Crippen LogP contribution in [0, 0.1) is 5.82 Å². The third kappa shape index (κ3) is 4.89. The minimum atomic E-state index is -5.15. The lowest BCUT2D eigenvalue weighted by Crippen LogP contribution is -2.45. The van der Waals surface area contributed by atoms with Crippen LogP contribution in [0.4, 0.5) is 42.2 Å². The minimum absolute atomic E-state index is 0.114. The number of likely N-dealkylation sites (N-methyl/N-ethyl adjacent to an activating group) is 1. The van der Waals surface area contributed by atoms with Crippen molar-refractivity contribution in [3.8, 4) is 0 Å². The molecule has 31 heavy (non-hydrogen) atoms. The Kier molecular flexibility index (Phi) is 5.87. The predicted octanol–water partition coefficient (Wildman–Crippen LogP) is 3.86. The van der Waals surface area contributed by atoms with E-state index in [1.54, 1.807) is 0 Å². The van der Waals surface area contributed by atoms with Crippen molar-refractivity contribution in [1.82, 2.24) is 4.98 Å². The van der Waals surface area contributed by atoms with Gasteiger partial charge in [-0.1, -0.05) is 0 Å². The van der Waals surface area contributed by atoms with Gasteiger partial charge in [0.1, 0.15) is 23.4 Å². The SMILES string of the molecule is CN(C(=O)C1C[C@H](O)CN1c1cc(C(F)(F)F)cc(C(F)(F)F)n1)c1ccc(F)cc1. The standard InChI is InChI=1S/C19H16F7N3O2/c1-28(12-4-2-11(20)3-5-12)17(31)14-8-13(30)9-29(14)16-7-10(18(21,22)23)6-15(27-16)19(24,25)26/h2-7,13-14,30H,8-9H2,1H3/t13-,14?/m0/s1. The summed E-state index contributed by atoms with van der Waals surface area (Å²) in [5, 5.41) is 9.99. The monoisotopic (exact) mass is 451 g/mol.